The largest absolute Gasteiger partial charge is 0.469 e. The van der Waals surface area contributed by atoms with Crippen molar-refractivity contribution in [2.45, 2.75) is 83.7 Å². The van der Waals surface area contributed by atoms with Gasteiger partial charge >= 0.3 is 5.97 Å². The molecule has 1 rings (SSSR count). The fourth-order valence-electron chi connectivity index (χ4n) is 2.57. The van der Waals surface area contributed by atoms with Crippen LogP contribution in [-0.2, 0) is 18.7 Å². The second kappa shape index (κ2) is 7.93. The van der Waals surface area contributed by atoms with E-state index in [0.29, 0.717) is 6.42 Å². The minimum absolute atomic E-state index is 0.0996. The number of carbonyl (C=O) groups is 1. The summed E-state index contributed by atoms with van der Waals surface area (Å²) in [6, 6.07) is 0. The van der Waals surface area contributed by atoms with Gasteiger partial charge in [0.2, 0.25) is 0 Å². The van der Waals surface area contributed by atoms with Crippen LogP contribution in [0, 0.1) is 5.92 Å². The van der Waals surface area contributed by atoms with Crippen molar-refractivity contribution in [1.82, 2.24) is 0 Å². The molecule has 0 bridgehead atoms. The fourth-order valence-corrected chi connectivity index (χ4v) is 3.95. The van der Waals surface area contributed by atoms with Crippen LogP contribution in [-0.4, -0.2) is 40.2 Å². The highest BCUT2D eigenvalue weighted by Gasteiger charge is 2.41. The molecule has 5 heteroatoms. The van der Waals surface area contributed by atoms with Gasteiger partial charge in [-0.25, -0.2) is 0 Å². The van der Waals surface area contributed by atoms with E-state index in [1.807, 2.05) is 0 Å². The molecule has 1 aliphatic heterocycles. The van der Waals surface area contributed by atoms with E-state index in [9.17, 15) is 4.79 Å². The first-order valence-corrected chi connectivity index (χ1v) is 11.3. The molecule has 1 aliphatic rings. The summed E-state index contributed by atoms with van der Waals surface area (Å²) in [5, 5.41) is 0.201. The average Bonchev–Trinajstić information content (AvgIpc) is 2.39. The standard InChI is InChI=1S/C17H34O4Si/c1-13(12-16(18)19-5)11-15-14(9-8-10-20-15)21-22(6,7)17(2,3)4/h13-15H,8-12H2,1-7H3/t13-,14+,15-/m1/s1. The minimum Gasteiger partial charge on any atom is -0.469 e. The van der Waals surface area contributed by atoms with Crippen LogP contribution in [0.2, 0.25) is 18.1 Å². The molecule has 0 amide bonds. The minimum atomic E-state index is -1.80. The van der Waals surface area contributed by atoms with E-state index in [2.05, 4.69) is 40.8 Å². The molecule has 0 radical (unpaired) electrons. The molecular formula is C17H34O4Si. The molecule has 1 fully saturated rings. The normalized spacial score (nSPS) is 24.9. The van der Waals surface area contributed by atoms with Crippen LogP contribution in [0.25, 0.3) is 0 Å². The Kier molecular flexibility index (Phi) is 7.08. The monoisotopic (exact) mass is 330 g/mol. The second-order valence-electron chi connectivity index (χ2n) is 8.09. The molecule has 0 spiro atoms. The molecule has 130 valence electrons. The summed E-state index contributed by atoms with van der Waals surface area (Å²) >= 11 is 0. The third kappa shape index (κ3) is 5.67. The number of hydrogen-bond acceptors (Lipinski definition) is 4. The molecule has 0 saturated carbocycles. The van der Waals surface area contributed by atoms with Crippen LogP contribution in [0.5, 0.6) is 0 Å². The van der Waals surface area contributed by atoms with E-state index in [1.165, 1.54) is 7.11 Å². The van der Waals surface area contributed by atoms with Crippen LogP contribution in [0.4, 0.5) is 0 Å². The van der Waals surface area contributed by atoms with Crippen molar-refractivity contribution in [3.8, 4) is 0 Å². The number of ether oxygens (including phenoxy) is 2. The highest BCUT2D eigenvalue weighted by Crippen LogP contribution is 2.39. The Hall–Kier alpha value is -0.393. The Balaban J connectivity index is 2.65. The van der Waals surface area contributed by atoms with E-state index in [-0.39, 0.29) is 29.1 Å². The zero-order valence-electron chi connectivity index (χ0n) is 15.4. The average molecular weight is 331 g/mol. The summed E-state index contributed by atoms with van der Waals surface area (Å²) < 4.78 is 17.3. The van der Waals surface area contributed by atoms with Gasteiger partial charge in [-0.15, -0.1) is 0 Å². The Morgan fingerprint density at radius 1 is 1.36 bits per heavy atom. The molecule has 4 nitrogen and oxygen atoms in total. The highest BCUT2D eigenvalue weighted by atomic mass is 28.4. The number of carbonyl (C=O) groups excluding carboxylic acids is 1. The lowest BCUT2D eigenvalue weighted by Gasteiger charge is -2.43. The SMILES string of the molecule is COC(=O)C[C@H](C)C[C@H]1OCCC[C@@H]1O[Si](C)(C)C(C)(C)C. The van der Waals surface area contributed by atoms with Crippen LogP contribution in [0.15, 0.2) is 0 Å². The smallest absolute Gasteiger partial charge is 0.305 e. The van der Waals surface area contributed by atoms with Gasteiger partial charge in [0.1, 0.15) is 0 Å². The molecule has 0 aromatic heterocycles. The first kappa shape index (κ1) is 19.7. The molecule has 0 aromatic carbocycles. The molecular weight excluding hydrogens is 296 g/mol. The molecule has 22 heavy (non-hydrogen) atoms. The van der Waals surface area contributed by atoms with Crippen molar-refractivity contribution in [3.63, 3.8) is 0 Å². The topological polar surface area (TPSA) is 44.8 Å². The third-order valence-electron chi connectivity index (χ3n) is 5.01. The van der Waals surface area contributed by atoms with Gasteiger partial charge in [-0.05, 0) is 43.3 Å². The lowest BCUT2D eigenvalue weighted by Crippen LogP contribution is -2.49. The molecule has 1 saturated heterocycles. The van der Waals surface area contributed by atoms with Gasteiger partial charge < -0.3 is 13.9 Å². The van der Waals surface area contributed by atoms with Gasteiger partial charge in [-0.3, -0.25) is 4.79 Å². The van der Waals surface area contributed by atoms with Crippen molar-refractivity contribution < 1.29 is 18.7 Å². The number of methoxy groups -OCH3 is 1. The van der Waals surface area contributed by atoms with Gasteiger partial charge in [-0.1, -0.05) is 27.7 Å². The van der Waals surface area contributed by atoms with Crippen molar-refractivity contribution >= 4 is 14.3 Å². The van der Waals surface area contributed by atoms with Crippen LogP contribution in [0.1, 0.15) is 53.4 Å². The van der Waals surface area contributed by atoms with E-state index >= 15 is 0 Å². The Bertz CT molecular complexity index is 362. The molecule has 1 heterocycles. The summed E-state index contributed by atoms with van der Waals surface area (Å²) in [5.41, 5.74) is 0. The van der Waals surface area contributed by atoms with Crippen molar-refractivity contribution in [1.29, 1.82) is 0 Å². The van der Waals surface area contributed by atoms with Crippen LogP contribution in [0.3, 0.4) is 0 Å². The Morgan fingerprint density at radius 3 is 2.55 bits per heavy atom. The summed E-state index contributed by atoms with van der Waals surface area (Å²) in [7, 11) is -0.356. The maximum absolute atomic E-state index is 11.4. The van der Waals surface area contributed by atoms with E-state index in [0.717, 1.165) is 25.9 Å². The zero-order chi connectivity index (χ0) is 17.0. The molecule has 0 aliphatic carbocycles. The predicted molar refractivity (Wildman–Crippen MR) is 91.5 cm³/mol. The predicted octanol–water partition coefficient (Wildman–Crippen LogP) is 4.15. The van der Waals surface area contributed by atoms with Gasteiger partial charge in [0.15, 0.2) is 8.32 Å². The van der Waals surface area contributed by atoms with Gasteiger partial charge in [0.05, 0.1) is 19.3 Å². The first-order valence-electron chi connectivity index (χ1n) is 8.43. The lowest BCUT2D eigenvalue weighted by molar-refractivity contribution is -0.142. The first-order chi connectivity index (χ1) is 10.1. The lowest BCUT2D eigenvalue weighted by atomic mass is 9.94. The van der Waals surface area contributed by atoms with E-state index in [4.69, 9.17) is 13.9 Å². The molecule has 0 N–H and O–H groups in total. The zero-order valence-corrected chi connectivity index (χ0v) is 16.4. The maximum Gasteiger partial charge on any atom is 0.305 e. The summed E-state index contributed by atoms with van der Waals surface area (Å²) in [4.78, 5) is 11.4. The van der Waals surface area contributed by atoms with Gasteiger partial charge in [-0.2, -0.15) is 0 Å². The third-order valence-corrected chi connectivity index (χ3v) is 9.51. The van der Waals surface area contributed by atoms with Crippen molar-refractivity contribution in [2.24, 2.45) is 5.92 Å². The Morgan fingerprint density at radius 2 is 2.00 bits per heavy atom. The molecule has 3 atom stereocenters. The van der Waals surface area contributed by atoms with E-state index in [1.54, 1.807) is 0 Å². The molecule has 0 aromatic rings. The number of esters is 1. The second-order valence-corrected chi connectivity index (χ2v) is 12.8. The van der Waals surface area contributed by atoms with E-state index < -0.39 is 8.32 Å². The van der Waals surface area contributed by atoms with Crippen LogP contribution >= 0.6 is 0 Å². The summed E-state index contributed by atoms with van der Waals surface area (Å²) in [5.74, 6) is 0.103. The van der Waals surface area contributed by atoms with Gasteiger partial charge in [0, 0.05) is 13.0 Å². The van der Waals surface area contributed by atoms with Gasteiger partial charge in [0.25, 0.3) is 0 Å². The molecule has 0 unspecified atom stereocenters. The quantitative estimate of drug-likeness (QED) is 0.542. The maximum atomic E-state index is 11.4. The van der Waals surface area contributed by atoms with Crippen molar-refractivity contribution in [3.05, 3.63) is 0 Å². The van der Waals surface area contributed by atoms with Crippen molar-refractivity contribution in [2.75, 3.05) is 13.7 Å². The Labute approximate surface area is 137 Å². The number of hydrogen-bond donors (Lipinski definition) is 0. The number of rotatable bonds is 6. The van der Waals surface area contributed by atoms with Crippen LogP contribution < -0.4 is 0 Å². The summed E-state index contributed by atoms with van der Waals surface area (Å²) in [6.45, 7) is 14.2. The summed E-state index contributed by atoms with van der Waals surface area (Å²) in [6.07, 6.45) is 3.68. The highest BCUT2D eigenvalue weighted by molar-refractivity contribution is 6.74. The fraction of sp³-hybridized carbons (Fsp3) is 0.941.